The van der Waals surface area contributed by atoms with E-state index in [2.05, 4.69) is 4.90 Å². The number of carbonyl (C=O) groups is 1. The summed E-state index contributed by atoms with van der Waals surface area (Å²) in [6, 6.07) is 0.455. The maximum Gasteiger partial charge on any atom is 0.317 e. The molecule has 5 rings (SSSR count). The van der Waals surface area contributed by atoms with E-state index in [1.807, 2.05) is 11.9 Å². The molecular formula is C20H34N2O2. The minimum atomic E-state index is -0.707. The van der Waals surface area contributed by atoms with Crippen molar-refractivity contribution in [1.29, 1.82) is 0 Å². The summed E-state index contributed by atoms with van der Waals surface area (Å²) in [5.74, 6) is 2.48. The largest absolute Gasteiger partial charge is 0.480 e. The number of carboxylic acid groups (broad SMARTS) is 1. The van der Waals surface area contributed by atoms with E-state index < -0.39 is 5.97 Å². The number of piperidine rings is 1. The molecule has 4 nitrogen and oxygen atoms in total. The van der Waals surface area contributed by atoms with Crippen molar-refractivity contribution >= 4 is 5.97 Å². The number of likely N-dealkylation sites (tertiary alicyclic amines) is 1. The highest BCUT2D eigenvalue weighted by Crippen LogP contribution is 2.61. The lowest BCUT2D eigenvalue weighted by Crippen LogP contribution is -2.49. The van der Waals surface area contributed by atoms with Gasteiger partial charge in [0.2, 0.25) is 0 Å². The number of rotatable bonds is 6. The van der Waals surface area contributed by atoms with E-state index in [-0.39, 0.29) is 6.54 Å². The zero-order valence-electron chi connectivity index (χ0n) is 15.3. The van der Waals surface area contributed by atoms with E-state index in [1.165, 1.54) is 32.2 Å². The minimum absolute atomic E-state index is 0.179. The van der Waals surface area contributed by atoms with E-state index in [0.29, 0.717) is 11.5 Å². The maximum atomic E-state index is 10.9. The molecule has 1 N–H and O–H groups in total. The first-order valence-corrected chi connectivity index (χ1v) is 10.2. The predicted molar refractivity (Wildman–Crippen MR) is 94.9 cm³/mol. The SMILES string of the molecule is CN(CC(=O)O)C1CCN(CCC23CC4CC(CC(C4)C2)C3)CC1. The zero-order chi connectivity index (χ0) is 16.7. The Balaban J connectivity index is 1.24. The van der Waals surface area contributed by atoms with Crippen LogP contribution >= 0.6 is 0 Å². The molecule has 4 saturated carbocycles. The Morgan fingerprint density at radius 2 is 1.62 bits per heavy atom. The van der Waals surface area contributed by atoms with Gasteiger partial charge in [0.1, 0.15) is 0 Å². The van der Waals surface area contributed by atoms with Crippen molar-refractivity contribution in [1.82, 2.24) is 9.80 Å². The van der Waals surface area contributed by atoms with Crippen molar-refractivity contribution in [2.45, 2.75) is 63.8 Å². The second-order valence-corrected chi connectivity index (χ2v) is 9.55. The molecule has 0 aromatic rings. The van der Waals surface area contributed by atoms with E-state index >= 15 is 0 Å². The molecule has 0 amide bonds. The third-order valence-corrected chi connectivity index (χ3v) is 7.69. The monoisotopic (exact) mass is 334 g/mol. The predicted octanol–water partition coefficient (Wildman–Crippen LogP) is 3.07. The highest BCUT2D eigenvalue weighted by Gasteiger charge is 2.50. The van der Waals surface area contributed by atoms with Crippen LogP contribution in [0, 0.1) is 23.2 Å². The van der Waals surface area contributed by atoms with Gasteiger partial charge < -0.3 is 10.0 Å². The van der Waals surface area contributed by atoms with Crippen LogP contribution in [0.2, 0.25) is 0 Å². The lowest BCUT2D eigenvalue weighted by Gasteiger charge is -2.57. The van der Waals surface area contributed by atoms with Gasteiger partial charge in [-0.25, -0.2) is 0 Å². The smallest absolute Gasteiger partial charge is 0.317 e. The molecule has 5 aliphatic rings. The molecule has 5 fully saturated rings. The summed E-state index contributed by atoms with van der Waals surface area (Å²) in [7, 11) is 1.96. The number of aliphatic carboxylic acids is 1. The third-order valence-electron chi connectivity index (χ3n) is 7.69. The Morgan fingerprint density at radius 3 is 2.12 bits per heavy atom. The van der Waals surface area contributed by atoms with Crippen molar-refractivity contribution in [3.05, 3.63) is 0 Å². The molecule has 1 heterocycles. The van der Waals surface area contributed by atoms with Crippen LogP contribution in [0.15, 0.2) is 0 Å². The highest BCUT2D eigenvalue weighted by molar-refractivity contribution is 5.69. The quantitative estimate of drug-likeness (QED) is 0.811. The molecule has 136 valence electrons. The van der Waals surface area contributed by atoms with Crippen LogP contribution in [0.4, 0.5) is 0 Å². The standard InChI is InChI=1S/C20H34N2O2/c1-21(14-19(23)24)18-2-5-22(6-3-18)7-4-20-11-15-8-16(12-20)10-17(9-15)13-20/h15-18H,2-14H2,1H3,(H,23,24). The second kappa shape index (κ2) is 6.60. The molecule has 0 atom stereocenters. The highest BCUT2D eigenvalue weighted by atomic mass is 16.4. The van der Waals surface area contributed by atoms with Crippen LogP contribution in [0.5, 0.6) is 0 Å². The van der Waals surface area contributed by atoms with Gasteiger partial charge in [-0.05, 0) is 108 Å². The molecular weight excluding hydrogens is 300 g/mol. The van der Waals surface area contributed by atoms with E-state index in [4.69, 9.17) is 5.11 Å². The van der Waals surface area contributed by atoms with E-state index in [0.717, 1.165) is 43.7 Å². The number of likely N-dealkylation sites (N-methyl/N-ethyl adjacent to an activating group) is 1. The normalized spacial score (nSPS) is 39.7. The second-order valence-electron chi connectivity index (χ2n) is 9.55. The number of carboxylic acids is 1. The van der Waals surface area contributed by atoms with Crippen molar-refractivity contribution in [2.75, 3.05) is 33.2 Å². The Bertz CT molecular complexity index is 435. The molecule has 0 radical (unpaired) electrons. The summed E-state index contributed by atoms with van der Waals surface area (Å²) in [5, 5.41) is 8.95. The molecule has 0 spiro atoms. The van der Waals surface area contributed by atoms with Gasteiger partial charge in [0.15, 0.2) is 0 Å². The molecule has 1 aliphatic heterocycles. The van der Waals surface area contributed by atoms with Crippen LogP contribution in [0.25, 0.3) is 0 Å². The zero-order valence-corrected chi connectivity index (χ0v) is 15.3. The molecule has 1 saturated heterocycles. The van der Waals surface area contributed by atoms with E-state index in [9.17, 15) is 4.79 Å². The minimum Gasteiger partial charge on any atom is -0.480 e. The summed E-state index contributed by atoms with van der Waals surface area (Å²) in [5.41, 5.74) is 0.700. The van der Waals surface area contributed by atoms with E-state index in [1.54, 1.807) is 19.3 Å². The van der Waals surface area contributed by atoms with Crippen LogP contribution in [0.3, 0.4) is 0 Å². The van der Waals surface area contributed by atoms with Crippen LogP contribution in [-0.4, -0.2) is 60.1 Å². The Morgan fingerprint density at radius 1 is 1.08 bits per heavy atom. The first kappa shape index (κ1) is 16.8. The van der Waals surface area contributed by atoms with Gasteiger partial charge in [-0.15, -0.1) is 0 Å². The van der Waals surface area contributed by atoms with Gasteiger partial charge in [-0.2, -0.15) is 0 Å². The van der Waals surface area contributed by atoms with Gasteiger partial charge in [0.05, 0.1) is 6.54 Å². The average molecular weight is 335 g/mol. The average Bonchev–Trinajstić information content (AvgIpc) is 2.51. The first-order valence-electron chi connectivity index (χ1n) is 10.2. The number of hydrogen-bond donors (Lipinski definition) is 1. The Kier molecular flexibility index (Phi) is 4.63. The molecule has 0 unspecified atom stereocenters. The summed E-state index contributed by atoms with van der Waals surface area (Å²) in [4.78, 5) is 15.6. The molecule has 0 aromatic heterocycles. The fourth-order valence-corrected chi connectivity index (χ4v) is 6.92. The van der Waals surface area contributed by atoms with Gasteiger partial charge in [-0.1, -0.05) is 0 Å². The van der Waals surface area contributed by atoms with Crippen molar-refractivity contribution in [3.8, 4) is 0 Å². The molecule has 0 aromatic carbocycles. The van der Waals surface area contributed by atoms with Crippen LogP contribution in [-0.2, 0) is 4.79 Å². The van der Waals surface area contributed by atoms with Crippen molar-refractivity contribution in [3.63, 3.8) is 0 Å². The van der Waals surface area contributed by atoms with Crippen molar-refractivity contribution < 1.29 is 9.90 Å². The van der Waals surface area contributed by atoms with Crippen LogP contribution in [0.1, 0.15) is 57.8 Å². The summed E-state index contributed by atoms with van der Waals surface area (Å²) in [6.45, 7) is 3.77. The van der Waals surface area contributed by atoms with Crippen molar-refractivity contribution in [2.24, 2.45) is 23.2 Å². The summed E-state index contributed by atoms with van der Waals surface area (Å²) in [6.07, 6.45) is 12.9. The number of hydrogen-bond acceptors (Lipinski definition) is 3. The van der Waals surface area contributed by atoms with Gasteiger partial charge in [0, 0.05) is 6.04 Å². The topological polar surface area (TPSA) is 43.8 Å². The Labute approximate surface area is 146 Å². The lowest BCUT2D eigenvalue weighted by molar-refractivity contribution is -0.138. The summed E-state index contributed by atoms with van der Waals surface area (Å²) >= 11 is 0. The molecule has 4 heteroatoms. The lowest BCUT2D eigenvalue weighted by atomic mass is 9.49. The van der Waals surface area contributed by atoms with Gasteiger partial charge in [-0.3, -0.25) is 9.69 Å². The molecule has 24 heavy (non-hydrogen) atoms. The fraction of sp³-hybridized carbons (Fsp3) is 0.950. The first-order chi connectivity index (χ1) is 11.5. The Hall–Kier alpha value is -0.610. The molecule has 4 aliphatic carbocycles. The fourth-order valence-electron chi connectivity index (χ4n) is 6.92. The van der Waals surface area contributed by atoms with Gasteiger partial charge >= 0.3 is 5.97 Å². The third kappa shape index (κ3) is 3.50. The molecule has 4 bridgehead atoms. The van der Waals surface area contributed by atoms with Gasteiger partial charge in [0.25, 0.3) is 0 Å². The summed E-state index contributed by atoms with van der Waals surface area (Å²) < 4.78 is 0. The number of nitrogens with zero attached hydrogens (tertiary/aromatic N) is 2. The van der Waals surface area contributed by atoms with Crippen LogP contribution < -0.4 is 0 Å². The maximum absolute atomic E-state index is 10.9.